The number of nitriles is 1. The van der Waals surface area contributed by atoms with Crippen molar-refractivity contribution in [1.82, 2.24) is 44.2 Å². The van der Waals surface area contributed by atoms with Crippen LogP contribution in [0.15, 0.2) is 204 Å². The maximum absolute atomic E-state index is 13.8. The Balaban J connectivity index is 0.000000146. The van der Waals surface area contributed by atoms with Crippen LogP contribution >= 0.6 is 49.9 Å². The number of fused-ring (bicyclic) bond motifs is 1. The van der Waals surface area contributed by atoms with Crippen LogP contribution in [-0.4, -0.2) is 227 Å². The van der Waals surface area contributed by atoms with Gasteiger partial charge in [0.25, 0.3) is 11.8 Å². The summed E-state index contributed by atoms with van der Waals surface area (Å²) in [4.78, 5) is 135. The second kappa shape index (κ2) is 45.7. The van der Waals surface area contributed by atoms with Crippen molar-refractivity contribution in [3.63, 3.8) is 0 Å². The third kappa shape index (κ3) is 23.9. The summed E-state index contributed by atoms with van der Waals surface area (Å²) in [6.07, 6.45) is 11.2. The van der Waals surface area contributed by atoms with Gasteiger partial charge in [-0.05, 0) is 213 Å². The first-order valence-electron chi connectivity index (χ1n) is 48.3. The van der Waals surface area contributed by atoms with Gasteiger partial charge in [-0.3, -0.25) is 63.0 Å². The minimum atomic E-state index is -1.17. The van der Waals surface area contributed by atoms with Gasteiger partial charge in [-0.2, -0.15) is 5.26 Å². The lowest BCUT2D eigenvalue weighted by Crippen LogP contribution is -2.55. The van der Waals surface area contributed by atoms with Crippen molar-refractivity contribution >= 4 is 137 Å². The predicted octanol–water partition coefficient (Wildman–Crippen LogP) is 13.8. The molecule has 1 saturated carbocycles. The summed E-state index contributed by atoms with van der Waals surface area (Å²) in [7, 11) is 11.5. The van der Waals surface area contributed by atoms with Gasteiger partial charge < -0.3 is 64.1 Å². The van der Waals surface area contributed by atoms with E-state index in [4.69, 9.17) is 69.6 Å². The first-order valence-corrected chi connectivity index (χ1v) is 51.6. The van der Waals surface area contributed by atoms with Crippen LogP contribution in [0.5, 0.6) is 17.2 Å². The van der Waals surface area contributed by atoms with E-state index in [2.05, 4.69) is 123 Å². The molecule has 9 aromatic rings. The van der Waals surface area contributed by atoms with E-state index in [1.165, 1.54) is 96.1 Å². The molecule has 11 heterocycles. The Morgan fingerprint density at radius 1 is 0.573 bits per heavy atom. The van der Waals surface area contributed by atoms with Gasteiger partial charge in [0.1, 0.15) is 49.0 Å². The van der Waals surface area contributed by atoms with E-state index in [1.807, 2.05) is 146 Å². The molecule has 37 heteroatoms. The Morgan fingerprint density at radius 3 is 1.74 bits per heavy atom. The highest BCUT2D eigenvalue weighted by Crippen LogP contribution is 2.49. The number of thiophene rings is 2. The molecule has 8 atom stereocenters. The fourth-order valence-corrected chi connectivity index (χ4v) is 23.2. The number of amides is 7. The second-order valence-electron chi connectivity index (χ2n) is 39.2. The molecule has 3 fully saturated rings. The molecule has 33 nitrogen and oxygen atoms in total. The predicted molar refractivity (Wildman–Crippen MR) is 569 cm³/mol. The smallest absolute Gasteiger partial charge is 0.266 e. The highest BCUT2D eigenvalue weighted by molar-refractivity contribution is 9.10. The number of nitrogens with zero attached hydrogens (tertiary/aromatic N) is 16. The van der Waals surface area contributed by atoms with Gasteiger partial charge >= 0.3 is 0 Å². The topological polar surface area (TPSA) is 466 Å². The third-order valence-corrected chi connectivity index (χ3v) is 32.6. The van der Waals surface area contributed by atoms with Gasteiger partial charge in [0.15, 0.2) is 52.8 Å². The molecule has 7 amide bonds. The number of aromatic nitrogens is 1. The zero-order valence-corrected chi connectivity index (χ0v) is 88.4. The minimum Gasteiger partial charge on any atom is -0.497 e. The number of hydrogen-bond donors (Lipinski definition) is 7. The molecule has 143 heavy (non-hydrogen) atoms. The quantitative estimate of drug-likeness (QED) is 0.0372. The van der Waals surface area contributed by atoms with Gasteiger partial charge in [-0.15, -0.1) is 34.0 Å². The normalized spacial score (nSPS) is 23.2. The van der Waals surface area contributed by atoms with E-state index in [0.717, 1.165) is 102 Å². The summed E-state index contributed by atoms with van der Waals surface area (Å²) in [6, 6.07) is 54.9. The van der Waals surface area contributed by atoms with Crippen LogP contribution in [0.3, 0.4) is 0 Å². The summed E-state index contributed by atoms with van der Waals surface area (Å²) < 4.78 is 17.8. The standard InChI is InChI=1S/C24H29N5O2.C21H21N3O2S.C19H20N4O3S.C18H21BrN4OS.C16H28N4O.C8H15N3O/c1-17(25)21(30)28-14-12-18(13-15-28)16-29-22(31)24(27-23(29)26,19-8-4-2-5-9-19)20-10-6-3-7-11-20;1-21(12-18(25)24(2)20(22)23-21)17-11-14-7-5-9-16(19(14)27-17)13-6-4-8-15(10-13)26-3;1-19(16-7-5-13(10-20)27-16)9-17(24)23(18(21)22-19)11-12-4-6-14(25-2)15(8-12)26-3;1-10(2)11-5-7-12(8-6-11)14-15(24)23(4)17(20)22-18(14,3)16-21-13(19)9-25-16;1-16(10-14(21)19(2)15(17)18-16)12-6-5-9-20(11-12)13-7-3-4-8-13;1-5(2)4-6-7(12)11(3)8(9)10-6/h2-11,17-18H,12-16,25H2,1H3,(H2,26,27);4-11H,12H2,1-3H3,(H2,22,23);4-8H,9,11H2,1-3H3,(H2,21,22);5-10,14H,1-4H3,(H2,20,22);12-13H,3-11H2,1-2H3,(H2,17,18);5-6H,4H2,1-3H3,(H2,9,10)/t17-;21-;19-;14-,18+;12?,16-;6-/m000101/s1. The van der Waals surface area contributed by atoms with E-state index in [-0.39, 0.29) is 89.1 Å². The van der Waals surface area contributed by atoms with E-state index < -0.39 is 34.1 Å². The zero-order valence-electron chi connectivity index (χ0n) is 84.4. The van der Waals surface area contributed by atoms with Crippen LogP contribution in [0.2, 0.25) is 0 Å². The Hall–Kier alpha value is -13.0. The summed E-state index contributed by atoms with van der Waals surface area (Å²) in [5.74, 6) is 4.53. The molecule has 9 aliphatic rings. The number of hydrogen-bond acceptors (Lipinski definition) is 29. The van der Waals surface area contributed by atoms with Crippen LogP contribution in [0.1, 0.15) is 199 Å². The fourth-order valence-electron chi connectivity index (χ4n) is 19.6. The van der Waals surface area contributed by atoms with Crippen molar-refractivity contribution in [1.29, 1.82) is 5.26 Å². The Labute approximate surface area is 857 Å². The Bertz CT molecular complexity index is 6320. The second-order valence-corrected chi connectivity index (χ2v) is 43.0. The van der Waals surface area contributed by atoms with Gasteiger partial charge in [-0.1, -0.05) is 162 Å². The van der Waals surface area contributed by atoms with Gasteiger partial charge in [-0.25, -0.2) is 34.9 Å². The maximum Gasteiger partial charge on any atom is 0.266 e. The van der Waals surface area contributed by atoms with E-state index >= 15 is 0 Å². The molecule has 6 aromatic carbocycles. The summed E-state index contributed by atoms with van der Waals surface area (Å²) in [5.41, 5.74) is 44.8. The number of likely N-dealkylation sites (tertiary alicyclic amines) is 2. The number of nitrogens with two attached hydrogens (primary N) is 7. The van der Waals surface area contributed by atoms with Crippen LogP contribution in [0, 0.1) is 29.1 Å². The molecular weight excluding hydrogens is 1930 g/mol. The molecular formula is C106H134BrN23O10S3. The van der Waals surface area contributed by atoms with Crippen molar-refractivity contribution < 1.29 is 47.8 Å². The lowest BCUT2D eigenvalue weighted by Gasteiger charge is -2.45. The SMILES string of the molecule is CC(C)C[C@H]1N=C(N)N(C)C1=O.CC(C)c1ccc([C@@H]2C(=O)N(C)C(N)=N[C@]2(C)c2nc(Br)cs2)cc1.CN1C(=O)C[C@@](C)(C2CCCN(C3CCCC3)C2)N=C1N.COc1ccc(CN2C(=O)C[C@@](C)(c3ccc(C#N)s3)N=C2N)cc1OC.COc1cccc(-c2cccc3cc([C@]4(C)CC(=O)N(C)C(N)=N4)sc23)c1.C[C@H](N)C(=O)N1CCC(CN2C(=O)C(c3ccccc3)(c3ccccc3)N=C2N)CC1. The number of piperidine rings is 2. The first-order chi connectivity index (χ1) is 68.0. The number of rotatable bonds is 20. The van der Waals surface area contributed by atoms with Gasteiger partial charge in [0.05, 0.1) is 64.6 Å². The molecule has 18 rings (SSSR count). The van der Waals surface area contributed by atoms with Crippen LogP contribution < -0.4 is 54.3 Å². The molecule has 0 bridgehead atoms. The van der Waals surface area contributed by atoms with Gasteiger partial charge in [0, 0.05) is 80.2 Å². The molecule has 0 spiro atoms. The summed E-state index contributed by atoms with van der Waals surface area (Å²) in [6.45, 7) is 22.4. The number of carbonyl (C=O) groups excluding carboxylic acids is 7. The van der Waals surface area contributed by atoms with E-state index in [9.17, 15) is 33.6 Å². The van der Waals surface area contributed by atoms with E-state index in [1.54, 1.807) is 84.8 Å². The van der Waals surface area contributed by atoms with Crippen molar-refractivity contribution in [3.8, 4) is 34.4 Å². The lowest BCUT2D eigenvalue weighted by molar-refractivity contribution is -0.135. The molecule has 1 aliphatic carbocycles. The highest BCUT2D eigenvalue weighted by Gasteiger charge is 2.53. The lowest BCUT2D eigenvalue weighted by atomic mass is 9.77. The molecule has 758 valence electrons. The van der Waals surface area contributed by atoms with Crippen molar-refractivity contribution in [3.05, 3.63) is 221 Å². The van der Waals surface area contributed by atoms with Crippen LogP contribution in [0.25, 0.3) is 21.2 Å². The third-order valence-electron chi connectivity index (χ3n) is 28.1. The molecule has 14 N–H and O–H groups in total. The van der Waals surface area contributed by atoms with Crippen molar-refractivity contribution in [2.75, 3.05) is 82.2 Å². The molecule has 0 radical (unpaired) electrons. The fraction of sp³-hybridized carbons (Fsp3) is 0.443. The van der Waals surface area contributed by atoms with Gasteiger partial charge in [0.2, 0.25) is 29.5 Å². The van der Waals surface area contributed by atoms with Crippen molar-refractivity contribution in [2.45, 2.75) is 204 Å². The largest absolute Gasteiger partial charge is 0.497 e. The average Bonchev–Trinajstić information content (AvgIpc) is 1.39. The molecule has 3 aromatic heterocycles. The number of guanidine groups is 6. The number of ether oxygens (including phenoxy) is 3. The summed E-state index contributed by atoms with van der Waals surface area (Å²) >= 11 is 7.87. The number of methoxy groups -OCH3 is 3. The monoisotopic (exact) mass is 2060 g/mol. The first kappa shape index (κ1) is 107. The molecule has 1 unspecified atom stereocenters. The van der Waals surface area contributed by atoms with Crippen molar-refractivity contribution in [2.24, 2.45) is 87.8 Å². The molecule has 2 saturated heterocycles. The zero-order chi connectivity index (χ0) is 103. The average molecular weight is 2070 g/mol. The number of likely N-dealkylation sites (N-methyl/N-ethyl adjacent to an activating group) is 2. The van der Waals surface area contributed by atoms with E-state index in [0.29, 0.717) is 85.1 Å². The van der Waals surface area contributed by atoms with Crippen LogP contribution in [0.4, 0.5) is 0 Å². The molecule has 8 aliphatic heterocycles. The number of benzene rings is 6. The maximum atomic E-state index is 13.8. The van der Waals surface area contributed by atoms with Crippen LogP contribution in [-0.2, 0) is 62.3 Å². The Kier molecular flexibility index (Phi) is 34.3. The Morgan fingerprint density at radius 2 is 1.17 bits per heavy atom. The minimum absolute atomic E-state index is 0.0150. The number of halogens is 1. The number of thiazole rings is 1. The number of aliphatic imine (C=N–C) groups is 6. The highest BCUT2D eigenvalue weighted by atomic mass is 79.9. The summed E-state index contributed by atoms with van der Waals surface area (Å²) in [5, 5.41) is 12.8. The number of carbonyl (C=O) groups is 7.